The number of methoxy groups -OCH3 is 1. The summed E-state index contributed by atoms with van der Waals surface area (Å²) in [5, 5.41) is 0. The molecule has 3 aromatic rings. The SMILES string of the molecule is COc1ccc2c(c1)nc(CCl)n2-c1ccc(F)c(Br)c1. The molecule has 3 nitrogen and oxygen atoms in total. The molecule has 6 heteroatoms. The van der Waals surface area contributed by atoms with Crippen molar-refractivity contribution in [2.24, 2.45) is 0 Å². The van der Waals surface area contributed by atoms with Crippen molar-refractivity contribution in [3.05, 3.63) is 52.5 Å². The zero-order valence-electron chi connectivity index (χ0n) is 11.1. The number of imidazole rings is 1. The molecular formula is C15H11BrClFN2O. The second-order valence-electron chi connectivity index (χ2n) is 4.45. The zero-order valence-corrected chi connectivity index (χ0v) is 13.4. The van der Waals surface area contributed by atoms with Crippen LogP contribution in [-0.2, 0) is 5.88 Å². The normalized spacial score (nSPS) is 11.0. The number of alkyl halides is 1. The van der Waals surface area contributed by atoms with Crippen LogP contribution in [0.25, 0.3) is 16.7 Å². The molecule has 1 aromatic heterocycles. The molecule has 0 atom stereocenters. The largest absolute Gasteiger partial charge is 0.497 e. The third-order valence-corrected chi connectivity index (χ3v) is 4.06. The van der Waals surface area contributed by atoms with Gasteiger partial charge in [0.2, 0.25) is 0 Å². The highest BCUT2D eigenvalue weighted by Gasteiger charge is 2.13. The zero-order chi connectivity index (χ0) is 15.0. The molecule has 108 valence electrons. The van der Waals surface area contributed by atoms with Gasteiger partial charge in [-0.2, -0.15) is 0 Å². The van der Waals surface area contributed by atoms with E-state index in [1.54, 1.807) is 19.2 Å². The van der Waals surface area contributed by atoms with E-state index in [1.807, 2.05) is 22.8 Å². The van der Waals surface area contributed by atoms with Gasteiger partial charge < -0.3 is 4.74 Å². The van der Waals surface area contributed by atoms with Gasteiger partial charge in [0.15, 0.2) is 0 Å². The molecule has 0 N–H and O–H groups in total. The first-order valence-electron chi connectivity index (χ1n) is 6.21. The lowest BCUT2D eigenvalue weighted by Gasteiger charge is -2.09. The number of halogens is 3. The van der Waals surface area contributed by atoms with Crippen LogP contribution < -0.4 is 4.74 Å². The van der Waals surface area contributed by atoms with Crippen LogP contribution in [0.3, 0.4) is 0 Å². The average Bonchev–Trinajstić information content (AvgIpc) is 2.87. The van der Waals surface area contributed by atoms with E-state index in [2.05, 4.69) is 20.9 Å². The minimum Gasteiger partial charge on any atom is -0.497 e. The molecule has 0 radical (unpaired) electrons. The Hall–Kier alpha value is -1.59. The van der Waals surface area contributed by atoms with Crippen LogP contribution in [-0.4, -0.2) is 16.7 Å². The molecule has 0 spiro atoms. The predicted octanol–water partition coefficient (Wildman–Crippen LogP) is 4.67. The Kier molecular flexibility index (Phi) is 3.87. The second-order valence-corrected chi connectivity index (χ2v) is 5.57. The van der Waals surface area contributed by atoms with Gasteiger partial charge in [0.1, 0.15) is 17.4 Å². The maximum atomic E-state index is 13.4. The van der Waals surface area contributed by atoms with Gasteiger partial charge in [-0.05, 0) is 46.3 Å². The van der Waals surface area contributed by atoms with Gasteiger partial charge in [0, 0.05) is 11.8 Å². The van der Waals surface area contributed by atoms with Crippen molar-refractivity contribution in [1.82, 2.24) is 9.55 Å². The Morgan fingerprint density at radius 2 is 2.10 bits per heavy atom. The lowest BCUT2D eigenvalue weighted by atomic mass is 10.2. The van der Waals surface area contributed by atoms with Crippen LogP contribution in [0, 0.1) is 5.82 Å². The van der Waals surface area contributed by atoms with Crippen molar-refractivity contribution in [2.45, 2.75) is 5.88 Å². The van der Waals surface area contributed by atoms with Gasteiger partial charge >= 0.3 is 0 Å². The van der Waals surface area contributed by atoms with Crippen LogP contribution in [0.1, 0.15) is 5.82 Å². The number of aromatic nitrogens is 2. The standard InChI is InChI=1S/C15H11BrClFN2O/c1-21-10-3-5-14-13(7-10)19-15(8-17)20(14)9-2-4-12(18)11(16)6-9/h2-7H,8H2,1H3. The molecule has 0 amide bonds. The van der Waals surface area contributed by atoms with E-state index in [1.165, 1.54) is 6.07 Å². The molecule has 0 aliphatic carbocycles. The van der Waals surface area contributed by atoms with Gasteiger partial charge in [-0.3, -0.25) is 4.57 Å². The number of hydrogen-bond acceptors (Lipinski definition) is 2. The van der Waals surface area contributed by atoms with Crippen LogP contribution >= 0.6 is 27.5 Å². The van der Waals surface area contributed by atoms with Crippen molar-refractivity contribution in [3.63, 3.8) is 0 Å². The van der Waals surface area contributed by atoms with Crippen LogP contribution in [0.5, 0.6) is 5.75 Å². The maximum Gasteiger partial charge on any atom is 0.137 e. The highest BCUT2D eigenvalue weighted by atomic mass is 79.9. The summed E-state index contributed by atoms with van der Waals surface area (Å²) in [5.74, 6) is 1.37. The fraction of sp³-hybridized carbons (Fsp3) is 0.133. The highest BCUT2D eigenvalue weighted by molar-refractivity contribution is 9.10. The summed E-state index contributed by atoms with van der Waals surface area (Å²) < 4.78 is 20.9. The summed E-state index contributed by atoms with van der Waals surface area (Å²) in [5.41, 5.74) is 2.47. The highest BCUT2D eigenvalue weighted by Crippen LogP contribution is 2.28. The fourth-order valence-electron chi connectivity index (χ4n) is 2.24. The van der Waals surface area contributed by atoms with Gasteiger partial charge in [0.25, 0.3) is 0 Å². The average molecular weight is 370 g/mol. The molecule has 21 heavy (non-hydrogen) atoms. The smallest absolute Gasteiger partial charge is 0.137 e. The van der Waals surface area contributed by atoms with Crippen molar-refractivity contribution < 1.29 is 9.13 Å². The number of rotatable bonds is 3. The summed E-state index contributed by atoms with van der Waals surface area (Å²) in [4.78, 5) is 4.51. The number of benzene rings is 2. The maximum absolute atomic E-state index is 13.4. The second kappa shape index (κ2) is 5.66. The molecule has 0 fully saturated rings. The minimum atomic E-state index is -0.308. The van der Waals surface area contributed by atoms with E-state index < -0.39 is 0 Å². The molecule has 0 aliphatic rings. The summed E-state index contributed by atoms with van der Waals surface area (Å²) in [6.45, 7) is 0. The van der Waals surface area contributed by atoms with Crippen molar-refractivity contribution in [2.75, 3.05) is 7.11 Å². The lowest BCUT2D eigenvalue weighted by molar-refractivity contribution is 0.415. The first-order chi connectivity index (χ1) is 10.1. The molecule has 2 aromatic carbocycles. The Balaban J connectivity index is 2.26. The molecule has 0 unspecified atom stereocenters. The van der Waals surface area contributed by atoms with E-state index in [-0.39, 0.29) is 11.7 Å². The Morgan fingerprint density at radius 1 is 1.29 bits per heavy atom. The Morgan fingerprint density at radius 3 is 2.76 bits per heavy atom. The van der Waals surface area contributed by atoms with E-state index in [9.17, 15) is 4.39 Å². The number of nitrogens with zero attached hydrogens (tertiary/aromatic N) is 2. The van der Waals surface area contributed by atoms with E-state index in [4.69, 9.17) is 16.3 Å². The molecule has 0 saturated heterocycles. The summed E-state index contributed by atoms with van der Waals surface area (Å²) in [6, 6.07) is 10.4. The number of fused-ring (bicyclic) bond motifs is 1. The minimum absolute atomic E-state index is 0.256. The molecule has 0 aliphatic heterocycles. The van der Waals surface area contributed by atoms with Crippen molar-refractivity contribution in [1.29, 1.82) is 0 Å². The Labute approximate surface area is 134 Å². The van der Waals surface area contributed by atoms with Gasteiger partial charge in [-0.25, -0.2) is 9.37 Å². The summed E-state index contributed by atoms with van der Waals surface area (Å²) in [6.07, 6.45) is 0. The van der Waals surface area contributed by atoms with Crippen molar-refractivity contribution in [3.8, 4) is 11.4 Å². The third kappa shape index (κ3) is 2.51. The first-order valence-corrected chi connectivity index (χ1v) is 7.53. The topological polar surface area (TPSA) is 27.1 Å². The van der Waals surface area contributed by atoms with Gasteiger partial charge in [-0.1, -0.05) is 0 Å². The number of hydrogen-bond donors (Lipinski definition) is 0. The third-order valence-electron chi connectivity index (χ3n) is 3.21. The van der Waals surface area contributed by atoms with Crippen LogP contribution in [0.4, 0.5) is 4.39 Å². The van der Waals surface area contributed by atoms with Gasteiger partial charge in [0.05, 0.1) is 28.5 Å². The summed E-state index contributed by atoms with van der Waals surface area (Å²) in [7, 11) is 1.61. The van der Waals surface area contributed by atoms with E-state index >= 15 is 0 Å². The predicted molar refractivity (Wildman–Crippen MR) is 84.8 cm³/mol. The molecule has 0 bridgehead atoms. The first kappa shape index (κ1) is 14.4. The Bertz CT molecular complexity index is 819. The quantitative estimate of drug-likeness (QED) is 0.627. The lowest BCUT2D eigenvalue weighted by Crippen LogP contribution is -1.99. The van der Waals surface area contributed by atoms with E-state index in [0.29, 0.717) is 10.3 Å². The van der Waals surface area contributed by atoms with Crippen LogP contribution in [0.15, 0.2) is 40.9 Å². The van der Waals surface area contributed by atoms with Crippen molar-refractivity contribution >= 4 is 38.6 Å². The monoisotopic (exact) mass is 368 g/mol. The fourth-order valence-corrected chi connectivity index (χ4v) is 2.78. The summed E-state index contributed by atoms with van der Waals surface area (Å²) >= 11 is 9.20. The van der Waals surface area contributed by atoms with E-state index in [0.717, 1.165) is 22.5 Å². The van der Waals surface area contributed by atoms with Crippen LogP contribution in [0.2, 0.25) is 0 Å². The molecule has 1 heterocycles. The molecular weight excluding hydrogens is 359 g/mol. The number of ether oxygens (including phenoxy) is 1. The molecule has 0 saturated carbocycles. The van der Waals surface area contributed by atoms with Gasteiger partial charge in [-0.15, -0.1) is 11.6 Å². The molecule has 3 rings (SSSR count).